The van der Waals surface area contributed by atoms with Gasteiger partial charge in [-0.3, -0.25) is 19.7 Å². The number of Topliss-reactive ketones (excluding diaryl/α,β-unsaturated/α-hetero) is 1. The lowest BCUT2D eigenvalue weighted by atomic mass is 10.1. The van der Waals surface area contributed by atoms with Crippen LogP contribution in [0.2, 0.25) is 0 Å². The average Bonchev–Trinajstić information content (AvgIpc) is 2.48. The van der Waals surface area contributed by atoms with Gasteiger partial charge in [0.05, 0.1) is 4.92 Å². The third-order valence-corrected chi connectivity index (χ3v) is 3.34. The number of hydrogen-bond acceptors (Lipinski definition) is 4. The molecule has 0 aliphatic heterocycles. The van der Waals surface area contributed by atoms with E-state index in [-0.39, 0.29) is 18.7 Å². The molecule has 108 valence electrons. The Morgan fingerprint density at radius 2 is 1.95 bits per heavy atom. The maximum absolute atomic E-state index is 12.0. The van der Waals surface area contributed by atoms with Crippen LogP contribution in [0.25, 0.3) is 0 Å². The summed E-state index contributed by atoms with van der Waals surface area (Å²) in [5.41, 5.74) is -0.685. The highest BCUT2D eigenvalue weighted by atomic mass is 79.9. The van der Waals surface area contributed by atoms with Gasteiger partial charge in [-0.15, -0.1) is 0 Å². The Bertz CT molecular complexity index is 740. The van der Waals surface area contributed by atoms with Gasteiger partial charge in [-0.25, -0.2) is 0 Å². The van der Waals surface area contributed by atoms with E-state index >= 15 is 0 Å². The van der Waals surface area contributed by atoms with Gasteiger partial charge < -0.3 is 4.57 Å². The Morgan fingerprint density at radius 1 is 1.29 bits per heavy atom. The van der Waals surface area contributed by atoms with Gasteiger partial charge in [-0.1, -0.05) is 30.3 Å². The van der Waals surface area contributed by atoms with Crippen molar-refractivity contribution in [1.29, 1.82) is 0 Å². The number of nitro groups is 1. The van der Waals surface area contributed by atoms with Crippen LogP contribution in [0.5, 0.6) is 0 Å². The molecule has 0 saturated carbocycles. The van der Waals surface area contributed by atoms with Crippen molar-refractivity contribution in [3.8, 4) is 0 Å². The standard InChI is InChI=1S/C14H11BrN2O4/c15-11-8-12(17(20)21)14(19)16(9-11)7-6-13(18)10-4-2-1-3-5-10/h1-5,8-9H,6-7H2. The average molecular weight is 351 g/mol. The number of pyridine rings is 1. The topological polar surface area (TPSA) is 82.2 Å². The maximum Gasteiger partial charge on any atom is 0.335 e. The van der Waals surface area contributed by atoms with Gasteiger partial charge >= 0.3 is 11.2 Å². The first kappa shape index (κ1) is 15.1. The summed E-state index contributed by atoms with van der Waals surface area (Å²) in [6, 6.07) is 9.84. The number of nitrogens with zero attached hydrogens (tertiary/aromatic N) is 2. The molecule has 0 aliphatic rings. The van der Waals surface area contributed by atoms with Gasteiger partial charge in [0.1, 0.15) is 0 Å². The van der Waals surface area contributed by atoms with Crippen LogP contribution < -0.4 is 5.56 Å². The second-order valence-corrected chi connectivity index (χ2v) is 5.25. The molecule has 0 aliphatic carbocycles. The van der Waals surface area contributed by atoms with Gasteiger partial charge in [-0.2, -0.15) is 0 Å². The number of ketones is 1. The van der Waals surface area contributed by atoms with Gasteiger partial charge in [-0.05, 0) is 15.9 Å². The number of rotatable bonds is 5. The molecule has 0 N–H and O–H groups in total. The molecular formula is C14H11BrN2O4. The minimum Gasteiger partial charge on any atom is -0.308 e. The van der Waals surface area contributed by atoms with Crippen molar-refractivity contribution >= 4 is 27.4 Å². The number of benzene rings is 1. The van der Waals surface area contributed by atoms with Crippen LogP contribution in [0.4, 0.5) is 5.69 Å². The lowest BCUT2D eigenvalue weighted by Gasteiger charge is -2.06. The number of halogens is 1. The van der Waals surface area contributed by atoms with E-state index in [0.717, 1.165) is 6.07 Å². The Morgan fingerprint density at radius 3 is 2.57 bits per heavy atom. The van der Waals surface area contributed by atoms with Gasteiger partial charge in [0.15, 0.2) is 5.78 Å². The molecule has 0 fully saturated rings. The Balaban J connectivity index is 2.19. The van der Waals surface area contributed by atoms with E-state index in [1.54, 1.807) is 30.3 Å². The largest absolute Gasteiger partial charge is 0.335 e. The lowest BCUT2D eigenvalue weighted by molar-refractivity contribution is -0.386. The second-order valence-electron chi connectivity index (χ2n) is 4.34. The number of aryl methyl sites for hydroxylation is 1. The van der Waals surface area contributed by atoms with E-state index in [1.165, 1.54) is 10.8 Å². The first-order chi connectivity index (χ1) is 9.99. The Hall–Kier alpha value is -2.28. The SMILES string of the molecule is O=C(CCn1cc(Br)cc([N+](=O)[O-])c1=O)c1ccccc1. The summed E-state index contributed by atoms with van der Waals surface area (Å²) in [6.07, 6.45) is 1.53. The molecule has 7 heteroatoms. The highest BCUT2D eigenvalue weighted by Gasteiger charge is 2.16. The summed E-state index contributed by atoms with van der Waals surface area (Å²) in [6.45, 7) is 0.0901. The third kappa shape index (κ3) is 3.63. The second kappa shape index (κ2) is 6.45. The van der Waals surface area contributed by atoms with Crippen molar-refractivity contribution < 1.29 is 9.72 Å². The maximum atomic E-state index is 12.0. The van der Waals surface area contributed by atoms with Crippen molar-refractivity contribution in [3.63, 3.8) is 0 Å². The molecule has 0 atom stereocenters. The summed E-state index contributed by atoms with van der Waals surface area (Å²) in [4.78, 5) is 33.9. The van der Waals surface area contributed by atoms with E-state index in [4.69, 9.17) is 0 Å². The predicted octanol–water partition coefficient (Wildman–Crippen LogP) is 2.79. The van der Waals surface area contributed by atoms with Crippen LogP contribution in [-0.4, -0.2) is 15.3 Å². The smallest absolute Gasteiger partial charge is 0.308 e. The molecule has 1 heterocycles. The van der Waals surface area contributed by atoms with Crippen LogP contribution in [0.15, 0.2) is 51.9 Å². The highest BCUT2D eigenvalue weighted by Crippen LogP contribution is 2.14. The first-order valence-electron chi connectivity index (χ1n) is 6.11. The van der Waals surface area contributed by atoms with Crippen molar-refractivity contribution in [2.75, 3.05) is 0 Å². The number of hydrogen-bond donors (Lipinski definition) is 0. The monoisotopic (exact) mass is 350 g/mol. The van der Waals surface area contributed by atoms with Crippen LogP contribution in [-0.2, 0) is 6.54 Å². The van der Waals surface area contributed by atoms with E-state index in [9.17, 15) is 19.7 Å². The molecule has 0 unspecified atom stereocenters. The predicted molar refractivity (Wildman–Crippen MR) is 80.4 cm³/mol. The minimum absolute atomic E-state index is 0.0901. The summed E-state index contributed by atoms with van der Waals surface area (Å²) >= 11 is 3.12. The van der Waals surface area contributed by atoms with Crippen molar-refractivity contribution in [2.45, 2.75) is 13.0 Å². The van der Waals surface area contributed by atoms with Crippen molar-refractivity contribution in [2.24, 2.45) is 0 Å². The Labute approximate surface area is 128 Å². The lowest BCUT2D eigenvalue weighted by Crippen LogP contribution is -2.23. The summed E-state index contributed by atoms with van der Waals surface area (Å²) in [7, 11) is 0. The highest BCUT2D eigenvalue weighted by molar-refractivity contribution is 9.10. The number of carbonyl (C=O) groups excluding carboxylic acids is 1. The quantitative estimate of drug-likeness (QED) is 0.471. The normalized spacial score (nSPS) is 10.3. The molecule has 1 aromatic heterocycles. The van der Waals surface area contributed by atoms with Crippen LogP contribution in [0.1, 0.15) is 16.8 Å². The van der Waals surface area contributed by atoms with E-state index in [1.807, 2.05) is 0 Å². The van der Waals surface area contributed by atoms with Crippen LogP contribution in [0.3, 0.4) is 0 Å². The molecular weight excluding hydrogens is 340 g/mol. The van der Waals surface area contributed by atoms with Gasteiger partial charge in [0.25, 0.3) is 0 Å². The van der Waals surface area contributed by atoms with Gasteiger partial charge in [0, 0.05) is 35.3 Å². The molecule has 21 heavy (non-hydrogen) atoms. The Kier molecular flexibility index (Phi) is 4.64. The molecule has 0 radical (unpaired) electrons. The summed E-state index contributed by atoms with van der Waals surface area (Å²) in [5.74, 6) is -0.120. The van der Waals surface area contributed by atoms with Gasteiger partial charge in [0.2, 0.25) is 0 Å². The van der Waals surface area contributed by atoms with Crippen LogP contribution in [0, 0.1) is 10.1 Å². The summed E-state index contributed by atoms with van der Waals surface area (Å²) < 4.78 is 1.59. The fraction of sp³-hybridized carbons (Fsp3) is 0.143. The number of aromatic nitrogens is 1. The molecule has 1 aromatic carbocycles. The van der Waals surface area contributed by atoms with E-state index < -0.39 is 16.2 Å². The van der Waals surface area contributed by atoms with Crippen molar-refractivity contribution in [1.82, 2.24) is 4.57 Å². The molecule has 0 saturated heterocycles. The fourth-order valence-electron chi connectivity index (χ4n) is 1.87. The molecule has 6 nitrogen and oxygen atoms in total. The zero-order chi connectivity index (χ0) is 15.4. The first-order valence-corrected chi connectivity index (χ1v) is 6.91. The van der Waals surface area contributed by atoms with Crippen molar-refractivity contribution in [3.05, 3.63) is 73.1 Å². The molecule has 0 amide bonds. The minimum atomic E-state index is -0.734. The molecule has 2 aromatic rings. The number of carbonyl (C=O) groups is 1. The molecule has 0 spiro atoms. The van der Waals surface area contributed by atoms with E-state index in [0.29, 0.717) is 10.0 Å². The zero-order valence-corrected chi connectivity index (χ0v) is 12.4. The molecule has 2 rings (SSSR count). The molecule has 0 bridgehead atoms. The van der Waals surface area contributed by atoms with Crippen LogP contribution >= 0.6 is 15.9 Å². The third-order valence-electron chi connectivity index (χ3n) is 2.91. The fourth-order valence-corrected chi connectivity index (χ4v) is 2.34. The summed E-state index contributed by atoms with van der Waals surface area (Å²) in [5, 5.41) is 10.8. The zero-order valence-electron chi connectivity index (χ0n) is 10.9. The van der Waals surface area contributed by atoms with E-state index in [2.05, 4.69) is 15.9 Å².